The molecular formula is C19H26N4O2. The van der Waals surface area contributed by atoms with Crippen molar-refractivity contribution in [3.8, 4) is 0 Å². The lowest BCUT2D eigenvalue weighted by molar-refractivity contribution is -0.136. The van der Waals surface area contributed by atoms with Crippen molar-refractivity contribution in [2.45, 2.75) is 31.8 Å². The Labute approximate surface area is 148 Å². The molecular weight excluding hydrogens is 316 g/mol. The predicted octanol–water partition coefficient (Wildman–Crippen LogP) is 1.92. The number of ether oxygens (including phenoxy) is 1. The van der Waals surface area contributed by atoms with Gasteiger partial charge in [0.05, 0.1) is 17.4 Å². The van der Waals surface area contributed by atoms with Crippen LogP contribution in [0.3, 0.4) is 0 Å². The van der Waals surface area contributed by atoms with Gasteiger partial charge in [0.2, 0.25) is 5.91 Å². The lowest BCUT2D eigenvalue weighted by Gasteiger charge is -2.41. The van der Waals surface area contributed by atoms with Crippen LogP contribution >= 0.6 is 0 Å². The van der Waals surface area contributed by atoms with E-state index in [-0.39, 0.29) is 11.9 Å². The number of nitrogens with zero attached hydrogens (tertiary/aromatic N) is 4. The normalized spacial score (nSPS) is 21.6. The molecule has 4 rings (SSSR count). The van der Waals surface area contributed by atoms with E-state index in [2.05, 4.69) is 9.88 Å². The molecule has 3 heterocycles. The summed E-state index contributed by atoms with van der Waals surface area (Å²) in [5, 5.41) is 0. The van der Waals surface area contributed by atoms with Crippen molar-refractivity contribution in [3.05, 3.63) is 30.6 Å². The van der Waals surface area contributed by atoms with E-state index >= 15 is 0 Å². The Bertz CT molecular complexity index is 730. The molecule has 0 aliphatic carbocycles. The van der Waals surface area contributed by atoms with Crippen molar-refractivity contribution in [2.24, 2.45) is 0 Å². The maximum absolute atomic E-state index is 13.0. The van der Waals surface area contributed by atoms with Gasteiger partial charge in [-0.3, -0.25) is 9.69 Å². The molecule has 2 fully saturated rings. The molecule has 1 aromatic carbocycles. The van der Waals surface area contributed by atoms with E-state index in [1.54, 1.807) is 6.33 Å². The van der Waals surface area contributed by atoms with E-state index in [0.717, 1.165) is 63.3 Å². The van der Waals surface area contributed by atoms with Crippen molar-refractivity contribution in [2.75, 3.05) is 39.4 Å². The molecule has 0 bridgehead atoms. The first-order valence-corrected chi connectivity index (χ1v) is 9.26. The Morgan fingerprint density at radius 2 is 1.88 bits per heavy atom. The first-order valence-electron chi connectivity index (χ1n) is 9.26. The van der Waals surface area contributed by atoms with Gasteiger partial charge in [0.15, 0.2) is 0 Å². The van der Waals surface area contributed by atoms with Gasteiger partial charge in [-0.2, -0.15) is 0 Å². The van der Waals surface area contributed by atoms with Crippen molar-refractivity contribution in [3.63, 3.8) is 0 Å². The smallest absolute Gasteiger partial charge is 0.245 e. The average molecular weight is 342 g/mol. The van der Waals surface area contributed by atoms with Gasteiger partial charge in [-0.25, -0.2) is 4.98 Å². The molecule has 0 radical (unpaired) electrons. The fourth-order valence-electron chi connectivity index (χ4n) is 4.03. The third kappa shape index (κ3) is 3.28. The summed E-state index contributed by atoms with van der Waals surface area (Å²) in [6.45, 7) is 7.27. The molecule has 0 spiro atoms. The van der Waals surface area contributed by atoms with Crippen molar-refractivity contribution < 1.29 is 9.53 Å². The van der Waals surface area contributed by atoms with Gasteiger partial charge in [0, 0.05) is 45.4 Å². The Balaban J connectivity index is 1.40. The Kier molecular flexibility index (Phi) is 4.72. The van der Waals surface area contributed by atoms with Gasteiger partial charge >= 0.3 is 0 Å². The maximum Gasteiger partial charge on any atom is 0.245 e. The molecule has 1 unspecified atom stereocenters. The number of amides is 1. The molecule has 25 heavy (non-hydrogen) atoms. The Morgan fingerprint density at radius 1 is 1.16 bits per heavy atom. The fraction of sp³-hybridized carbons (Fsp3) is 0.579. The highest BCUT2D eigenvalue weighted by atomic mass is 16.5. The Morgan fingerprint density at radius 3 is 2.64 bits per heavy atom. The molecule has 0 N–H and O–H groups in total. The van der Waals surface area contributed by atoms with Gasteiger partial charge in [-0.1, -0.05) is 12.1 Å². The second-order valence-electron chi connectivity index (χ2n) is 7.02. The van der Waals surface area contributed by atoms with Crippen LogP contribution in [0, 0.1) is 0 Å². The van der Waals surface area contributed by atoms with Crippen LogP contribution in [0.25, 0.3) is 11.0 Å². The molecule has 1 aromatic heterocycles. The molecule has 2 aromatic rings. The van der Waals surface area contributed by atoms with E-state index in [1.165, 1.54) is 0 Å². The fourth-order valence-corrected chi connectivity index (χ4v) is 4.03. The van der Waals surface area contributed by atoms with Gasteiger partial charge in [-0.15, -0.1) is 0 Å². The van der Waals surface area contributed by atoms with Crippen molar-refractivity contribution in [1.29, 1.82) is 0 Å². The van der Waals surface area contributed by atoms with Crippen LogP contribution in [0.5, 0.6) is 0 Å². The zero-order chi connectivity index (χ0) is 17.2. The van der Waals surface area contributed by atoms with Gasteiger partial charge in [-0.05, 0) is 31.9 Å². The number of para-hydroxylation sites is 2. The van der Waals surface area contributed by atoms with Crippen LogP contribution in [0.1, 0.15) is 25.8 Å². The monoisotopic (exact) mass is 342 g/mol. The predicted molar refractivity (Wildman–Crippen MR) is 96.4 cm³/mol. The molecule has 134 valence electrons. The number of piperazine rings is 1. The number of hydrogen-bond donors (Lipinski definition) is 0. The second-order valence-corrected chi connectivity index (χ2v) is 7.02. The van der Waals surface area contributed by atoms with Gasteiger partial charge < -0.3 is 14.2 Å². The summed E-state index contributed by atoms with van der Waals surface area (Å²) >= 11 is 0. The number of hydrogen-bond acceptors (Lipinski definition) is 4. The van der Waals surface area contributed by atoms with Crippen LogP contribution < -0.4 is 0 Å². The molecule has 0 saturated carbocycles. The topological polar surface area (TPSA) is 50.6 Å². The summed E-state index contributed by atoms with van der Waals surface area (Å²) in [4.78, 5) is 21.9. The second kappa shape index (κ2) is 7.14. The van der Waals surface area contributed by atoms with Crippen LogP contribution in [0.15, 0.2) is 30.6 Å². The van der Waals surface area contributed by atoms with Crippen LogP contribution in [-0.2, 0) is 9.53 Å². The number of carbonyl (C=O) groups is 1. The summed E-state index contributed by atoms with van der Waals surface area (Å²) in [6, 6.07) is 8.37. The zero-order valence-electron chi connectivity index (χ0n) is 14.8. The number of imidazole rings is 1. The van der Waals surface area contributed by atoms with Crippen molar-refractivity contribution >= 4 is 16.9 Å². The number of benzene rings is 1. The highest BCUT2D eigenvalue weighted by Gasteiger charge is 2.29. The number of fused-ring (bicyclic) bond motifs is 1. The summed E-state index contributed by atoms with van der Waals surface area (Å²) in [5.41, 5.74) is 1.95. The van der Waals surface area contributed by atoms with E-state index in [1.807, 2.05) is 40.7 Å². The Hall–Kier alpha value is -1.92. The first kappa shape index (κ1) is 16.5. The molecule has 2 saturated heterocycles. The molecule has 2 aliphatic heterocycles. The minimum Gasteiger partial charge on any atom is -0.381 e. The molecule has 6 nitrogen and oxygen atoms in total. The van der Waals surface area contributed by atoms with Crippen molar-refractivity contribution in [1.82, 2.24) is 19.4 Å². The highest BCUT2D eigenvalue weighted by Crippen LogP contribution is 2.21. The minimum atomic E-state index is -0.220. The van der Waals surface area contributed by atoms with E-state index < -0.39 is 0 Å². The lowest BCUT2D eigenvalue weighted by atomic mass is 10.1. The first-order chi connectivity index (χ1) is 12.2. The van der Waals surface area contributed by atoms with Crippen LogP contribution in [-0.4, -0.2) is 70.7 Å². The third-order valence-electron chi connectivity index (χ3n) is 5.59. The number of rotatable bonds is 3. The summed E-state index contributed by atoms with van der Waals surface area (Å²) < 4.78 is 7.45. The van der Waals surface area contributed by atoms with E-state index in [9.17, 15) is 4.79 Å². The van der Waals surface area contributed by atoms with Gasteiger partial charge in [0.1, 0.15) is 6.04 Å². The summed E-state index contributed by atoms with van der Waals surface area (Å²) in [5.74, 6) is 0.190. The maximum atomic E-state index is 13.0. The quantitative estimate of drug-likeness (QED) is 0.855. The van der Waals surface area contributed by atoms with Gasteiger partial charge in [0.25, 0.3) is 0 Å². The molecule has 1 amide bonds. The third-order valence-corrected chi connectivity index (χ3v) is 5.59. The number of aromatic nitrogens is 2. The molecule has 2 aliphatic rings. The van der Waals surface area contributed by atoms with Crippen LogP contribution in [0.4, 0.5) is 0 Å². The SMILES string of the molecule is CC(C(=O)N1CCN(C2CCOCC2)CC1)n1cnc2ccccc21. The highest BCUT2D eigenvalue weighted by molar-refractivity contribution is 5.83. The zero-order valence-corrected chi connectivity index (χ0v) is 14.8. The largest absolute Gasteiger partial charge is 0.381 e. The van der Waals surface area contributed by atoms with E-state index in [4.69, 9.17) is 4.74 Å². The number of carbonyl (C=O) groups excluding carboxylic acids is 1. The standard InChI is InChI=1S/C19H26N4O2/c1-15(23-14-20-17-4-2-3-5-18(17)23)19(24)22-10-8-21(9-11-22)16-6-12-25-13-7-16/h2-5,14-16H,6-13H2,1H3. The van der Waals surface area contributed by atoms with E-state index in [0.29, 0.717) is 6.04 Å². The van der Waals surface area contributed by atoms with Crippen LogP contribution in [0.2, 0.25) is 0 Å². The summed E-state index contributed by atoms with van der Waals surface area (Å²) in [7, 11) is 0. The molecule has 6 heteroatoms. The molecule has 1 atom stereocenters. The lowest BCUT2D eigenvalue weighted by Crippen LogP contribution is -2.54. The minimum absolute atomic E-state index is 0.190. The summed E-state index contributed by atoms with van der Waals surface area (Å²) in [6.07, 6.45) is 4.02. The average Bonchev–Trinajstić information content (AvgIpc) is 3.12.